The monoisotopic (exact) mass is 200 g/mol. The molecule has 0 atom stereocenters. The molecule has 0 aliphatic heterocycles. The molecule has 0 saturated carbocycles. The Morgan fingerprint density at radius 1 is 1.31 bits per heavy atom. The van der Waals surface area contributed by atoms with Gasteiger partial charge in [0.25, 0.3) is 0 Å². The lowest BCUT2D eigenvalue weighted by molar-refractivity contribution is 0.615. The summed E-state index contributed by atoms with van der Waals surface area (Å²) in [7, 11) is -4.11. The van der Waals surface area contributed by atoms with E-state index in [2.05, 4.69) is 0 Å². The minimum Gasteiger partial charge on any atom is -0.265 e. The fourth-order valence-electron chi connectivity index (χ4n) is 1.33. The predicted octanol–water partition coefficient (Wildman–Crippen LogP) is 2.99. The summed E-state index contributed by atoms with van der Waals surface area (Å²) in [6, 6.07) is 6.79. The van der Waals surface area contributed by atoms with Crippen LogP contribution < -0.4 is 5.19 Å². The van der Waals surface area contributed by atoms with Gasteiger partial charge in [-0.2, -0.15) is 0 Å². The Labute approximate surface area is 79.0 Å². The van der Waals surface area contributed by atoms with Crippen LogP contribution in [0.15, 0.2) is 24.3 Å². The molecule has 0 N–H and O–H groups in total. The lowest BCUT2D eigenvalue weighted by atomic mass is 10.2. The molecule has 0 saturated heterocycles. The van der Waals surface area contributed by atoms with Crippen molar-refractivity contribution in [1.82, 2.24) is 0 Å². The fraction of sp³-hybridized carbons (Fsp3) is 0.400. The first-order chi connectivity index (χ1) is 6.06. The summed E-state index contributed by atoms with van der Waals surface area (Å²) in [4.78, 5) is 0. The first-order valence-corrected chi connectivity index (χ1v) is 6.47. The molecule has 0 aliphatic carbocycles. The Bertz CT molecular complexity index is 284. The van der Waals surface area contributed by atoms with Crippen LogP contribution in [0.3, 0.4) is 0 Å². The van der Waals surface area contributed by atoms with E-state index < -0.39 is 8.74 Å². The van der Waals surface area contributed by atoms with Gasteiger partial charge in [0, 0.05) is 11.2 Å². The fourth-order valence-corrected chi connectivity index (χ4v) is 3.03. The zero-order chi connectivity index (χ0) is 9.90. The molecule has 13 heavy (non-hydrogen) atoms. The second-order valence-corrected chi connectivity index (χ2v) is 5.81. The molecular formula is C10H14F2Si. The molecule has 0 aromatic heterocycles. The highest BCUT2D eigenvalue weighted by atomic mass is 28.4. The average Bonchev–Trinajstić information content (AvgIpc) is 2.04. The van der Waals surface area contributed by atoms with Gasteiger partial charge in [-0.25, -0.2) is 0 Å². The molecule has 0 aliphatic rings. The lowest BCUT2D eigenvalue weighted by Gasteiger charge is -2.12. The Morgan fingerprint density at radius 2 is 2.00 bits per heavy atom. The van der Waals surface area contributed by atoms with Gasteiger partial charge in [0.2, 0.25) is 0 Å². The van der Waals surface area contributed by atoms with Crippen LogP contribution in [-0.4, -0.2) is 8.74 Å². The van der Waals surface area contributed by atoms with Crippen LogP contribution in [0.2, 0.25) is 6.04 Å². The van der Waals surface area contributed by atoms with Crippen molar-refractivity contribution in [1.29, 1.82) is 0 Å². The van der Waals surface area contributed by atoms with Crippen LogP contribution in [0, 0.1) is 6.92 Å². The molecule has 3 heteroatoms. The summed E-state index contributed by atoms with van der Waals surface area (Å²) in [6.45, 7) is 3.65. The summed E-state index contributed by atoms with van der Waals surface area (Å²) >= 11 is 0. The summed E-state index contributed by atoms with van der Waals surface area (Å²) in [6.07, 6.45) is 0.563. The van der Waals surface area contributed by atoms with Gasteiger partial charge < -0.3 is 0 Å². The van der Waals surface area contributed by atoms with E-state index in [4.69, 9.17) is 0 Å². The number of hydrogen-bond donors (Lipinski definition) is 0. The second-order valence-electron chi connectivity index (χ2n) is 3.32. The van der Waals surface area contributed by atoms with Crippen LogP contribution in [0.25, 0.3) is 0 Å². The van der Waals surface area contributed by atoms with Gasteiger partial charge in [0.05, 0.1) is 0 Å². The Hall–Kier alpha value is -0.703. The molecule has 0 nitrogen and oxygen atoms in total. The largest absolute Gasteiger partial charge is 0.455 e. The van der Waals surface area contributed by atoms with Gasteiger partial charge in [0.1, 0.15) is 0 Å². The van der Waals surface area contributed by atoms with Gasteiger partial charge in [-0.15, -0.1) is 0 Å². The summed E-state index contributed by atoms with van der Waals surface area (Å²) in [5, 5.41) is 0.273. The van der Waals surface area contributed by atoms with Crippen molar-refractivity contribution >= 4 is 13.9 Å². The van der Waals surface area contributed by atoms with Gasteiger partial charge in [-0.1, -0.05) is 43.2 Å². The molecule has 0 radical (unpaired) electrons. The second kappa shape index (κ2) is 4.00. The number of halogens is 2. The molecule has 0 heterocycles. The van der Waals surface area contributed by atoms with E-state index in [1.807, 2.05) is 13.0 Å². The highest BCUT2D eigenvalue weighted by Gasteiger charge is 2.36. The van der Waals surface area contributed by atoms with E-state index in [-0.39, 0.29) is 11.2 Å². The van der Waals surface area contributed by atoms with E-state index >= 15 is 0 Å². The van der Waals surface area contributed by atoms with Crippen LogP contribution in [-0.2, 0) is 0 Å². The van der Waals surface area contributed by atoms with Crippen molar-refractivity contribution in [3.8, 4) is 0 Å². The third kappa shape index (κ3) is 2.62. The maximum absolute atomic E-state index is 13.5. The number of hydrogen-bond acceptors (Lipinski definition) is 0. The SMILES string of the molecule is CCC[Si](F)(F)c1cccc(C)c1. The molecule has 1 aromatic rings. The van der Waals surface area contributed by atoms with Crippen LogP contribution in [0.4, 0.5) is 8.22 Å². The first-order valence-electron chi connectivity index (χ1n) is 4.51. The highest BCUT2D eigenvalue weighted by molar-refractivity contribution is 6.79. The quantitative estimate of drug-likeness (QED) is 0.520. The van der Waals surface area contributed by atoms with E-state index in [0.29, 0.717) is 6.42 Å². The molecule has 72 valence electrons. The van der Waals surface area contributed by atoms with Crippen molar-refractivity contribution < 1.29 is 8.22 Å². The number of rotatable bonds is 3. The van der Waals surface area contributed by atoms with Gasteiger partial charge in [-0.3, -0.25) is 8.22 Å². The maximum Gasteiger partial charge on any atom is 0.455 e. The zero-order valence-electron chi connectivity index (χ0n) is 7.98. The van der Waals surface area contributed by atoms with Crippen molar-refractivity contribution in [3.05, 3.63) is 29.8 Å². The molecule has 0 bridgehead atoms. The Kier molecular flexibility index (Phi) is 3.20. The molecule has 0 amide bonds. The third-order valence-corrected chi connectivity index (χ3v) is 4.29. The topological polar surface area (TPSA) is 0 Å². The van der Waals surface area contributed by atoms with Crippen LogP contribution >= 0.6 is 0 Å². The first kappa shape index (κ1) is 10.4. The minimum absolute atomic E-state index is 0.0659. The number of aryl methyl sites for hydroxylation is 1. The van der Waals surface area contributed by atoms with E-state index in [1.165, 1.54) is 0 Å². The highest BCUT2D eigenvalue weighted by Crippen LogP contribution is 2.16. The minimum atomic E-state index is -4.11. The van der Waals surface area contributed by atoms with Crippen molar-refractivity contribution in [3.63, 3.8) is 0 Å². The summed E-state index contributed by atoms with van der Waals surface area (Å²) in [5.41, 5.74) is 0.917. The third-order valence-electron chi connectivity index (χ3n) is 2.00. The smallest absolute Gasteiger partial charge is 0.265 e. The predicted molar refractivity (Wildman–Crippen MR) is 53.9 cm³/mol. The van der Waals surface area contributed by atoms with Crippen LogP contribution in [0.5, 0.6) is 0 Å². The molecule has 0 unspecified atom stereocenters. The van der Waals surface area contributed by atoms with Crippen molar-refractivity contribution in [2.45, 2.75) is 26.3 Å². The van der Waals surface area contributed by atoms with Crippen molar-refractivity contribution in [2.75, 3.05) is 0 Å². The van der Waals surface area contributed by atoms with Gasteiger partial charge >= 0.3 is 8.74 Å². The van der Waals surface area contributed by atoms with Gasteiger partial charge in [0.15, 0.2) is 0 Å². The van der Waals surface area contributed by atoms with E-state index in [9.17, 15) is 8.22 Å². The molecule has 0 spiro atoms. The maximum atomic E-state index is 13.5. The molecule has 1 rings (SSSR count). The molecular weight excluding hydrogens is 186 g/mol. The van der Waals surface area contributed by atoms with E-state index in [0.717, 1.165) is 5.56 Å². The van der Waals surface area contributed by atoms with E-state index in [1.54, 1.807) is 25.1 Å². The Morgan fingerprint density at radius 3 is 2.54 bits per heavy atom. The lowest BCUT2D eigenvalue weighted by Crippen LogP contribution is -2.38. The van der Waals surface area contributed by atoms with Crippen molar-refractivity contribution in [2.24, 2.45) is 0 Å². The zero-order valence-corrected chi connectivity index (χ0v) is 8.98. The summed E-state index contributed by atoms with van der Waals surface area (Å²) < 4.78 is 27.0. The van der Waals surface area contributed by atoms with Crippen LogP contribution in [0.1, 0.15) is 18.9 Å². The molecule has 0 fully saturated rings. The summed E-state index contributed by atoms with van der Waals surface area (Å²) in [5.74, 6) is 0. The normalized spacial score (nSPS) is 11.7. The molecule has 1 aromatic carbocycles. The number of benzene rings is 1. The average molecular weight is 200 g/mol. The Balaban J connectivity index is 2.93. The standard InChI is InChI=1S/C10H14F2Si/c1-3-7-13(11,12)10-6-4-5-9(2)8-10/h4-6,8H,3,7H2,1-2H3. The van der Waals surface area contributed by atoms with Gasteiger partial charge in [-0.05, 0) is 6.92 Å².